The van der Waals surface area contributed by atoms with E-state index in [1.54, 1.807) is 58.2 Å². The number of tetrazole rings is 1. The number of aliphatic hydroxyl groups is 1. The van der Waals surface area contributed by atoms with Crippen LogP contribution in [0.15, 0.2) is 48.6 Å². The minimum absolute atomic E-state index is 0.156. The van der Waals surface area contributed by atoms with Crippen LogP contribution in [0.5, 0.6) is 0 Å². The van der Waals surface area contributed by atoms with E-state index in [9.17, 15) is 23.5 Å². The average Bonchev–Trinajstić information content (AvgIpc) is 3.26. The lowest BCUT2D eigenvalue weighted by molar-refractivity contribution is -0.145. The molecule has 1 atom stereocenters. The molecular weight excluding hydrogens is 482 g/mol. The number of ether oxygens (including phenoxy) is 1. The van der Waals surface area contributed by atoms with E-state index >= 15 is 0 Å². The van der Waals surface area contributed by atoms with Crippen LogP contribution in [0.25, 0.3) is 11.1 Å². The molecule has 1 aromatic heterocycles. The highest BCUT2D eigenvalue weighted by Crippen LogP contribution is 2.34. The average molecular weight is 511 g/mol. The summed E-state index contributed by atoms with van der Waals surface area (Å²) in [6, 6.07) is 9.15. The zero-order chi connectivity index (χ0) is 27.1. The summed E-state index contributed by atoms with van der Waals surface area (Å²) in [5, 5.41) is 22.2. The fourth-order valence-corrected chi connectivity index (χ4v) is 3.76. The van der Waals surface area contributed by atoms with Gasteiger partial charge in [-0.15, -0.1) is 5.10 Å². The van der Waals surface area contributed by atoms with Crippen molar-refractivity contribution >= 4 is 22.9 Å². The van der Waals surface area contributed by atoms with Crippen LogP contribution in [0.1, 0.15) is 47.8 Å². The van der Waals surface area contributed by atoms with Gasteiger partial charge in [-0.1, -0.05) is 24.3 Å². The molecule has 8 nitrogen and oxygen atoms in total. The largest absolute Gasteiger partial charge is 0.466 e. The minimum Gasteiger partial charge on any atom is -0.466 e. The molecule has 0 aliphatic rings. The normalized spacial score (nSPS) is 12.0. The number of hydrogen-bond donors (Lipinski definition) is 1. The summed E-state index contributed by atoms with van der Waals surface area (Å²) in [5.74, 6) is -1.59. The Morgan fingerprint density at radius 1 is 1.08 bits per heavy atom. The number of ketones is 1. The highest BCUT2D eigenvalue weighted by Gasteiger charge is 2.20. The van der Waals surface area contributed by atoms with E-state index in [1.807, 2.05) is 0 Å². The number of halogens is 2. The number of hydrogen-bond acceptors (Lipinski definition) is 7. The van der Waals surface area contributed by atoms with Crippen LogP contribution >= 0.6 is 0 Å². The molecule has 0 aliphatic heterocycles. The lowest BCUT2D eigenvalue weighted by atomic mass is 9.90. The number of aliphatic hydroxyl groups excluding tert-OH is 1. The Kier molecular flexibility index (Phi) is 9.13. The van der Waals surface area contributed by atoms with Crippen molar-refractivity contribution < 1.29 is 28.2 Å². The molecule has 0 saturated carbocycles. The first-order valence-electron chi connectivity index (χ1n) is 11.6. The molecule has 0 aliphatic carbocycles. The van der Waals surface area contributed by atoms with Gasteiger partial charge in [0.15, 0.2) is 5.82 Å². The van der Waals surface area contributed by atoms with Crippen molar-refractivity contribution in [3.05, 3.63) is 88.3 Å². The topological polar surface area (TPSA) is 107 Å². The Bertz CT molecular complexity index is 1310. The Balaban J connectivity index is 2.14. The van der Waals surface area contributed by atoms with E-state index in [0.717, 1.165) is 0 Å². The van der Waals surface area contributed by atoms with Crippen molar-refractivity contribution in [3.8, 4) is 0 Å². The Morgan fingerprint density at radius 3 is 2.16 bits per heavy atom. The lowest BCUT2D eigenvalue weighted by Gasteiger charge is -2.16. The molecule has 1 N–H and O–H groups in total. The minimum atomic E-state index is -1.22. The maximum atomic E-state index is 14.1. The zero-order valence-electron chi connectivity index (χ0n) is 21.0. The summed E-state index contributed by atoms with van der Waals surface area (Å²) in [6.07, 6.45) is 0.981. The Hall–Kier alpha value is -4.05. The number of nitrogens with zero attached hydrogens (tertiary/aromatic N) is 4. The van der Waals surface area contributed by atoms with Gasteiger partial charge in [-0.2, -0.15) is 0 Å². The van der Waals surface area contributed by atoms with E-state index in [0.29, 0.717) is 39.2 Å². The van der Waals surface area contributed by atoms with Gasteiger partial charge < -0.3 is 9.84 Å². The molecule has 10 heteroatoms. The molecule has 37 heavy (non-hydrogen) atoms. The van der Waals surface area contributed by atoms with Gasteiger partial charge in [0.2, 0.25) is 0 Å². The predicted octanol–water partition coefficient (Wildman–Crippen LogP) is 3.89. The molecule has 3 rings (SSSR count). The summed E-state index contributed by atoms with van der Waals surface area (Å²) in [4.78, 5) is 23.7. The van der Waals surface area contributed by atoms with Crippen molar-refractivity contribution in [2.24, 2.45) is 7.05 Å². The SMILES string of the molecule is CCOC(=O)CC(=O)CC(O)/C=C/C(=C(c1ccc(F)c(C)c1)c1ccc(F)c(C)c1)c1nnnn1C. The third-order valence-electron chi connectivity index (χ3n) is 5.59. The van der Waals surface area contributed by atoms with Gasteiger partial charge in [0.1, 0.15) is 23.8 Å². The number of rotatable bonds is 10. The molecule has 194 valence electrons. The maximum absolute atomic E-state index is 14.1. The third-order valence-corrected chi connectivity index (χ3v) is 5.59. The van der Waals surface area contributed by atoms with Gasteiger partial charge in [-0.3, -0.25) is 9.59 Å². The van der Waals surface area contributed by atoms with Crippen LogP contribution in [0.2, 0.25) is 0 Å². The van der Waals surface area contributed by atoms with Crippen LogP contribution in [0.3, 0.4) is 0 Å². The van der Waals surface area contributed by atoms with Crippen molar-refractivity contribution in [3.63, 3.8) is 0 Å². The third kappa shape index (κ3) is 7.01. The van der Waals surface area contributed by atoms with Crippen molar-refractivity contribution in [1.29, 1.82) is 0 Å². The zero-order valence-corrected chi connectivity index (χ0v) is 21.0. The first kappa shape index (κ1) is 27.5. The second kappa shape index (κ2) is 12.3. The second-order valence-electron chi connectivity index (χ2n) is 8.49. The van der Waals surface area contributed by atoms with Gasteiger partial charge >= 0.3 is 5.97 Å². The van der Waals surface area contributed by atoms with Crippen LogP contribution in [-0.2, 0) is 21.4 Å². The monoisotopic (exact) mass is 510 g/mol. The molecule has 0 spiro atoms. The number of carbonyl (C=O) groups is 2. The summed E-state index contributed by atoms with van der Waals surface area (Å²) in [5.41, 5.74) is 3.03. The molecule has 2 aromatic carbocycles. The van der Waals surface area contributed by atoms with Gasteiger partial charge in [0, 0.05) is 19.0 Å². The van der Waals surface area contributed by atoms with Gasteiger partial charge in [-0.05, 0) is 83.3 Å². The van der Waals surface area contributed by atoms with Crippen molar-refractivity contribution in [1.82, 2.24) is 20.2 Å². The first-order chi connectivity index (χ1) is 17.6. The smallest absolute Gasteiger partial charge is 0.313 e. The van der Waals surface area contributed by atoms with Crippen LogP contribution in [-0.4, -0.2) is 49.8 Å². The molecule has 3 aromatic rings. The van der Waals surface area contributed by atoms with E-state index in [-0.39, 0.29) is 24.7 Å². The number of aromatic nitrogens is 4. The van der Waals surface area contributed by atoms with E-state index in [2.05, 4.69) is 15.5 Å². The number of carbonyl (C=O) groups excluding carboxylic acids is 2. The van der Waals surface area contributed by atoms with Gasteiger partial charge in [-0.25, -0.2) is 13.5 Å². The molecular formula is C27H28F2N4O4. The van der Waals surface area contributed by atoms with Crippen molar-refractivity contribution in [2.45, 2.75) is 39.7 Å². The number of benzene rings is 2. The quantitative estimate of drug-likeness (QED) is 0.250. The van der Waals surface area contributed by atoms with Crippen LogP contribution in [0.4, 0.5) is 8.78 Å². The number of Topliss-reactive ketones (excluding diaryl/α,β-unsaturated/α-hetero) is 1. The van der Waals surface area contributed by atoms with Crippen LogP contribution < -0.4 is 0 Å². The first-order valence-corrected chi connectivity index (χ1v) is 11.6. The lowest BCUT2D eigenvalue weighted by Crippen LogP contribution is -2.16. The predicted molar refractivity (Wildman–Crippen MR) is 133 cm³/mol. The summed E-state index contributed by atoms with van der Waals surface area (Å²) in [7, 11) is 1.63. The number of allylic oxidation sites excluding steroid dienone is 2. The molecule has 0 saturated heterocycles. The standard InChI is InChI=1S/C27H28F2N4O4/c1-5-37-25(36)15-21(35)14-20(34)8-9-22(27-30-31-32-33(27)4)26(18-6-10-23(28)16(2)12-18)19-7-11-24(29)17(3)13-19/h6-13,20,34H,5,14-15H2,1-4H3/b9-8+. The molecule has 1 heterocycles. The maximum Gasteiger partial charge on any atom is 0.313 e. The second-order valence-corrected chi connectivity index (χ2v) is 8.49. The number of aryl methyl sites for hydroxylation is 3. The van der Waals surface area contributed by atoms with E-state index < -0.39 is 24.3 Å². The summed E-state index contributed by atoms with van der Waals surface area (Å²) < 4.78 is 34.4. The van der Waals surface area contributed by atoms with E-state index in [4.69, 9.17) is 4.74 Å². The summed E-state index contributed by atoms with van der Waals surface area (Å²) in [6.45, 7) is 5.05. The van der Waals surface area contributed by atoms with E-state index in [1.165, 1.54) is 22.9 Å². The molecule has 1 unspecified atom stereocenters. The fraction of sp³-hybridized carbons (Fsp3) is 0.296. The fourth-order valence-electron chi connectivity index (χ4n) is 3.76. The molecule has 0 fully saturated rings. The number of esters is 1. The highest BCUT2D eigenvalue weighted by molar-refractivity contribution is 6.01. The Labute approximate surface area is 213 Å². The molecule has 0 radical (unpaired) electrons. The highest BCUT2D eigenvalue weighted by atomic mass is 19.1. The Morgan fingerprint density at radius 2 is 1.68 bits per heavy atom. The molecule has 0 bridgehead atoms. The van der Waals surface area contributed by atoms with Crippen LogP contribution in [0, 0.1) is 25.5 Å². The molecule has 0 amide bonds. The van der Waals surface area contributed by atoms with Gasteiger partial charge in [0.25, 0.3) is 0 Å². The van der Waals surface area contributed by atoms with Crippen molar-refractivity contribution in [2.75, 3.05) is 6.61 Å². The summed E-state index contributed by atoms with van der Waals surface area (Å²) >= 11 is 0. The van der Waals surface area contributed by atoms with Gasteiger partial charge in [0.05, 0.1) is 12.7 Å².